The van der Waals surface area contributed by atoms with Crippen molar-refractivity contribution in [1.29, 1.82) is 0 Å². The minimum absolute atomic E-state index is 0.298. The third kappa shape index (κ3) is 3.89. The van der Waals surface area contributed by atoms with E-state index in [4.69, 9.17) is 10.2 Å². The van der Waals surface area contributed by atoms with Crippen LogP contribution in [0.15, 0.2) is 24.3 Å². The zero-order valence-electron chi connectivity index (χ0n) is 9.71. The molecule has 0 radical (unpaired) electrons. The number of hydrogen-bond acceptors (Lipinski definition) is 3. The van der Waals surface area contributed by atoms with Gasteiger partial charge in [-0.1, -0.05) is 17.7 Å². The van der Waals surface area contributed by atoms with Gasteiger partial charge in [0.05, 0.1) is 6.42 Å². The average molecular weight is 251 g/mol. The van der Waals surface area contributed by atoms with Gasteiger partial charge in [-0.25, -0.2) is 4.79 Å². The smallest absolute Gasteiger partial charge is 0.326 e. The zero-order valence-corrected chi connectivity index (χ0v) is 9.71. The molecule has 1 aromatic carbocycles. The van der Waals surface area contributed by atoms with E-state index in [2.05, 4.69) is 5.32 Å². The summed E-state index contributed by atoms with van der Waals surface area (Å²) in [6.45, 7) is 1.79. The van der Waals surface area contributed by atoms with E-state index in [0.29, 0.717) is 5.56 Å². The van der Waals surface area contributed by atoms with Crippen LogP contribution >= 0.6 is 0 Å². The molecule has 0 saturated carbocycles. The van der Waals surface area contributed by atoms with Crippen LogP contribution in [0.3, 0.4) is 0 Å². The molecule has 0 bridgehead atoms. The molecule has 6 heteroatoms. The molecule has 18 heavy (non-hydrogen) atoms. The van der Waals surface area contributed by atoms with Gasteiger partial charge in [-0.15, -0.1) is 0 Å². The Bertz CT molecular complexity index is 483. The molecule has 0 aliphatic heterocycles. The van der Waals surface area contributed by atoms with Crippen LogP contribution in [0.1, 0.15) is 22.3 Å². The Morgan fingerprint density at radius 3 is 2.44 bits per heavy atom. The molecule has 0 unspecified atom stereocenters. The number of benzene rings is 1. The van der Waals surface area contributed by atoms with Gasteiger partial charge in [0.1, 0.15) is 6.04 Å². The van der Waals surface area contributed by atoms with E-state index >= 15 is 0 Å². The van der Waals surface area contributed by atoms with Gasteiger partial charge in [0.2, 0.25) is 0 Å². The van der Waals surface area contributed by atoms with Gasteiger partial charge in [0, 0.05) is 5.56 Å². The SMILES string of the molecule is Cc1cccc(C(=O)N[C@@H](CC(=O)O)C(=O)O)c1. The highest BCUT2D eigenvalue weighted by Crippen LogP contribution is 2.05. The van der Waals surface area contributed by atoms with Gasteiger partial charge in [-0.2, -0.15) is 0 Å². The second-order valence-corrected chi connectivity index (χ2v) is 3.83. The summed E-state index contributed by atoms with van der Waals surface area (Å²) in [7, 11) is 0. The highest BCUT2D eigenvalue weighted by atomic mass is 16.4. The zero-order chi connectivity index (χ0) is 13.7. The highest BCUT2D eigenvalue weighted by Gasteiger charge is 2.23. The van der Waals surface area contributed by atoms with Crippen LogP contribution in [0, 0.1) is 6.92 Å². The van der Waals surface area contributed by atoms with E-state index in [0.717, 1.165) is 5.56 Å². The molecule has 0 aromatic heterocycles. The maximum absolute atomic E-state index is 11.7. The number of aryl methyl sites for hydroxylation is 1. The lowest BCUT2D eigenvalue weighted by atomic mass is 10.1. The van der Waals surface area contributed by atoms with Crippen molar-refractivity contribution in [1.82, 2.24) is 5.32 Å². The van der Waals surface area contributed by atoms with Crippen LogP contribution in [0.5, 0.6) is 0 Å². The van der Waals surface area contributed by atoms with E-state index in [1.165, 1.54) is 6.07 Å². The number of carbonyl (C=O) groups is 3. The standard InChI is InChI=1S/C12H13NO5/c1-7-3-2-4-8(5-7)11(16)13-9(12(17)18)6-10(14)15/h2-5,9H,6H2,1H3,(H,13,16)(H,14,15)(H,17,18)/t9-/m0/s1. The largest absolute Gasteiger partial charge is 0.481 e. The van der Waals surface area contributed by atoms with Gasteiger partial charge in [0.15, 0.2) is 0 Å². The van der Waals surface area contributed by atoms with E-state index in [-0.39, 0.29) is 0 Å². The number of amides is 1. The number of aliphatic carboxylic acids is 2. The molecule has 1 atom stereocenters. The predicted octanol–water partition coefficient (Wildman–Crippen LogP) is 0.653. The molecule has 6 nitrogen and oxygen atoms in total. The Balaban J connectivity index is 2.78. The lowest BCUT2D eigenvalue weighted by Crippen LogP contribution is -2.42. The molecule has 0 fully saturated rings. The summed E-state index contributed by atoms with van der Waals surface area (Å²) in [4.78, 5) is 33.0. The van der Waals surface area contributed by atoms with Crippen molar-refractivity contribution in [3.8, 4) is 0 Å². The Labute approximate surface area is 103 Å². The molecule has 0 aliphatic rings. The van der Waals surface area contributed by atoms with Crippen LogP contribution in [-0.2, 0) is 9.59 Å². The first kappa shape index (κ1) is 13.7. The van der Waals surface area contributed by atoms with E-state index < -0.39 is 30.3 Å². The van der Waals surface area contributed by atoms with Gasteiger partial charge < -0.3 is 15.5 Å². The maximum Gasteiger partial charge on any atom is 0.326 e. The third-order valence-electron chi connectivity index (χ3n) is 2.26. The first-order valence-electron chi connectivity index (χ1n) is 5.22. The second kappa shape index (κ2) is 5.81. The molecule has 96 valence electrons. The summed E-state index contributed by atoms with van der Waals surface area (Å²) >= 11 is 0. The summed E-state index contributed by atoms with van der Waals surface area (Å²) < 4.78 is 0. The Morgan fingerprint density at radius 2 is 1.94 bits per heavy atom. The van der Waals surface area contributed by atoms with Crippen molar-refractivity contribution in [2.45, 2.75) is 19.4 Å². The molecule has 0 saturated heterocycles. The van der Waals surface area contributed by atoms with Crippen molar-refractivity contribution in [2.75, 3.05) is 0 Å². The fourth-order valence-corrected chi connectivity index (χ4v) is 1.40. The van der Waals surface area contributed by atoms with Crippen molar-refractivity contribution < 1.29 is 24.6 Å². The lowest BCUT2D eigenvalue weighted by Gasteiger charge is -2.12. The Hall–Kier alpha value is -2.37. The minimum Gasteiger partial charge on any atom is -0.481 e. The molecule has 3 N–H and O–H groups in total. The van der Waals surface area contributed by atoms with Crippen LogP contribution in [-0.4, -0.2) is 34.1 Å². The molecule has 1 aromatic rings. The second-order valence-electron chi connectivity index (χ2n) is 3.83. The number of carboxylic acids is 2. The fraction of sp³-hybridized carbons (Fsp3) is 0.250. The van der Waals surface area contributed by atoms with Crippen LogP contribution in [0.25, 0.3) is 0 Å². The molecular formula is C12H13NO5. The highest BCUT2D eigenvalue weighted by molar-refractivity contribution is 5.97. The average Bonchev–Trinajstić information content (AvgIpc) is 2.27. The summed E-state index contributed by atoms with van der Waals surface area (Å²) in [5, 5.41) is 19.5. The Morgan fingerprint density at radius 1 is 1.28 bits per heavy atom. The molecule has 1 rings (SSSR count). The van der Waals surface area contributed by atoms with Crippen LogP contribution in [0.2, 0.25) is 0 Å². The fourth-order valence-electron chi connectivity index (χ4n) is 1.40. The van der Waals surface area contributed by atoms with Crippen molar-refractivity contribution in [3.63, 3.8) is 0 Å². The lowest BCUT2D eigenvalue weighted by molar-refractivity contribution is -0.145. The van der Waals surface area contributed by atoms with Gasteiger partial charge in [-0.3, -0.25) is 9.59 Å². The number of carboxylic acid groups (broad SMARTS) is 2. The molecule has 1 amide bonds. The minimum atomic E-state index is -1.43. The molecule has 0 spiro atoms. The summed E-state index contributed by atoms with van der Waals surface area (Å²) in [6, 6.07) is 5.15. The summed E-state index contributed by atoms with van der Waals surface area (Å²) in [6.07, 6.45) is -0.660. The number of nitrogens with one attached hydrogen (secondary N) is 1. The molecule has 0 heterocycles. The topological polar surface area (TPSA) is 104 Å². The van der Waals surface area contributed by atoms with E-state index in [9.17, 15) is 14.4 Å². The Kier molecular flexibility index (Phi) is 4.42. The molecule has 0 aliphatic carbocycles. The van der Waals surface area contributed by atoms with Crippen molar-refractivity contribution >= 4 is 17.8 Å². The van der Waals surface area contributed by atoms with Crippen molar-refractivity contribution in [3.05, 3.63) is 35.4 Å². The normalized spacial score (nSPS) is 11.6. The van der Waals surface area contributed by atoms with E-state index in [1.807, 2.05) is 0 Å². The first-order valence-corrected chi connectivity index (χ1v) is 5.22. The van der Waals surface area contributed by atoms with Gasteiger partial charge >= 0.3 is 11.9 Å². The monoisotopic (exact) mass is 251 g/mol. The number of carbonyl (C=O) groups excluding carboxylic acids is 1. The third-order valence-corrected chi connectivity index (χ3v) is 2.26. The maximum atomic E-state index is 11.7. The van der Waals surface area contributed by atoms with Crippen LogP contribution < -0.4 is 5.32 Å². The summed E-state index contributed by atoms with van der Waals surface area (Å²) in [5.41, 5.74) is 1.15. The van der Waals surface area contributed by atoms with E-state index in [1.54, 1.807) is 25.1 Å². The quantitative estimate of drug-likeness (QED) is 0.713. The van der Waals surface area contributed by atoms with Crippen molar-refractivity contribution in [2.24, 2.45) is 0 Å². The number of rotatable bonds is 5. The first-order chi connectivity index (χ1) is 8.40. The van der Waals surface area contributed by atoms with Crippen LogP contribution in [0.4, 0.5) is 0 Å². The van der Waals surface area contributed by atoms with Gasteiger partial charge in [0.25, 0.3) is 5.91 Å². The molecular weight excluding hydrogens is 238 g/mol. The predicted molar refractivity (Wildman–Crippen MR) is 62.3 cm³/mol. The summed E-state index contributed by atoms with van der Waals surface area (Å²) in [5.74, 6) is -3.27. The number of hydrogen-bond donors (Lipinski definition) is 3. The van der Waals surface area contributed by atoms with Gasteiger partial charge in [-0.05, 0) is 19.1 Å².